The van der Waals surface area contributed by atoms with Crippen molar-refractivity contribution < 1.29 is 18.6 Å². The molecule has 178 valence electrons. The predicted octanol–water partition coefficient (Wildman–Crippen LogP) is 4.87. The Morgan fingerprint density at radius 1 is 1.15 bits per heavy atom. The van der Waals surface area contributed by atoms with Gasteiger partial charge in [-0.1, -0.05) is 20.8 Å². The van der Waals surface area contributed by atoms with Gasteiger partial charge in [-0.05, 0) is 50.2 Å². The number of hydrogen-bond donors (Lipinski definition) is 1. The maximum Gasteiger partial charge on any atom is 0.192 e. The maximum absolute atomic E-state index is 6.55. The Morgan fingerprint density at radius 3 is 2.61 bits per heavy atom. The minimum absolute atomic E-state index is 0.123. The SMILES string of the molecule is CC1(C)O[C@@H]2[C@H](O1)[C@@H](CO[Si](C)(C)C(C)(C)C)O[C@H]2n1ccc2c(-c3ccc[nH]3)ncnc21. The van der Waals surface area contributed by atoms with Gasteiger partial charge in [-0.15, -0.1) is 0 Å². The van der Waals surface area contributed by atoms with Crippen LogP contribution in [0.2, 0.25) is 18.1 Å². The third-order valence-corrected chi connectivity index (χ3v) is 11.7. The number of rotatable bonds is 5. The van der Waals surface area contributed by atoms with E-state index in [1.807, 2.05) is 49.0 Å². The van der Waals surface area contributed by atoms with Gasteiger partial charge in [0.2, 0.25) is 0 Å². The summed E-state index contributed by atoms with van der Waals surface area (Å²) in [5.74, 6) is -0.681. The van der Waals surface area contributed by atoms with Crippen molar-refractivity contribution in [1.82, 2.24) is 19.5 Å². The van der Waals surface area contributed by atoms with E-state index in [-0.39, 0.29) is 29.6 Å². The second-order valence-electron chi connectivity index (χ2n) is 11.0. The Balaban J connectivity index is 1.46. The van der Waals surface area contributed by atoms with Gasteiger partial charge < -0.3 is 28.2 Å². The molecule has 3 aromatic rings. The van der Waals surface area contributed by atoms with Crippen LogP contribution in [0.4, 0.5) is 0 Å². The van der Waals surface area contributed by atoms with Gasteiger partial charge in [-0.3, -0.25) is 0 Å². The average Bonchev–Trinajstić information content (AvgIpc) is 3.48. The molecule has 0 unspecified atom stereocenters. The molecule has 0 saturated carbocycles. The summed E-state index contributed by atoms with van der Waals surface area (Å²) in [6.07, 6.45) is 4.43. The van der Waals surface area contributed by atoms with E-state index in [4.69, 9.17) is 18.6 Å². The number of aromatic nitrogens is 4. The van der Waals surface area contributed by atoms with Gasteiger partial charge in [0.1, 0.15) is 30.3 Å². The predicted molar refractivity (Wildman–Crippen MR) is 128 cm³/mol. The number of aromatic amines is 1. The summed E-state index contributed by atoms with van der Waals surface area (Å²) in [6, 6.07) is 6.00. The van der Waals surface area contributed by atoms with E-state index in [9.17, 15) is 0 Å². The van der Waals surface area contributed by atoms with E-state index in [1.165, 1.54) is 0 Å². The van der Waals surface area contributed by atoms with E-state index < -0.39 is 14.1 Å². The molecule has 5 rings (SSSR count). The van der Waals surface area contributed by atoms with E-state index in [2.05, 4.69) is 48.8 Å². The molecular weight excluding hydrogens is 436 g/mol. The van der Waals surface area contributed by atoms with Gasteiger partial charge in [0.05, 0.1) is 18.0 Å². The second-order valence-corrected chi connectivity index (χ2v) is 15.8. The Bertz CT molecular complexity index is 1140. The van der Waals surface area contributed by atoms with E-state index in [1.54, 1.807) is 6.33 Å². The first kappa shape index (κ1) is 22.7. The number of nitrogens with zero attached hydrogens (tertiary/aromatic N) is 3. The zero-order chi connectivity index (χ0) is 23.6. The van der Waals surface area contributed by atoms with Crippen LogP contribution in [0.1, 0.15) is 40.8 Å². The Labute approximate surface area is 195 Å². The quantitative estimate of drug-likeness (QED) is 0.536. The van der Waals surface area contributed by atoms with Crippen molar-refractivity contribution in [3.05, 3.63) is 36.9 Å². The second kappa shape index (κ2) is 7.74. The van der Waals surface area contributed by atoms with Gasteiger partial charge in [-0.25, -0.2) is 9.97 Å². The van der Waals surface area contributed by atoms with Crippen molar-refractivity contribution >= 4 is 19.4 Å². The third-order valence-electron chi connectivity index (χ3n) is 7.18. The minimum Gasteiger partial charge on any atom is -0.414 e. The molecule has 0 bridgehead atoms. The van der Waals surface area contributed by atoms with Crippen LogP contribution >= 0.6 is 0 Å². The largest absolute Gasteiger partial charge is 0.414 e. The highest BCUT2D eigenvalue weighted by atomic mass is 28.4. The molecule has 0 aliphatic carbocycles. The highest BCUT2D eigenvalue weighted by Gasteiger charge is 2.56. The Kier molecular flexibility index (Phi) is 5.33. The molecule has 2 saturated heterocycles. The van der Waals surface area contributed by atoms with Crippen molar-refractivity contribution in [2.75, 3.05) is 6.61 Å². The monoisotopic (exact) mass is 470 g/mol. The number of H-pyrrole nitrogens is 1. The van der Waals surface area contributed by atoms with Gasteiger partial charge in [0.25, 0.3) is 0 Å². The van der Waals surface area contributed by atoms with Gasteiger partial charge >= 0.3 is 0 Å². The number of fused-ring (bicyclic) bond motifs is 2. The molecule has 9 heteroatoms. The van der Waals surface area contributed by atoms with E-state index in [0.717, 1.165) is 22.4 Å². The van der Waals surface area contributed by atoms with Gasteiger partial charge in [-0.2, -0.15) is 0 Å². The molecule has 2 aliphatic heterocycles. The van der Waals surface area contributed by atoms with Crippen molar-refractivity contribution in [2.45, 2.75) is 83.1 Å². The average molecular weight is 471 g/mol. The zero-order valence-electron chi connectivity index (χ0n) is 20.5. The molecule has 0 amide bonds. The van der Waals surface area contributed by atoms with E-state index >= 15 is 0 Å². The fourth-order valence-corrected chi connectivity index (χ4v) is 5.41. The molecule has 1 N–H and O–H groups in total. The standard InChI is InChI=1S/C24H34N4O4Si/c1-23(2,3)33(6,7)29-13-17-19-20(32-24(4,5)31-19)22(30-17)28-12-10-15-18(16-9-8-11-25-16)26-14-27-21(15)28/h8-12,14,17,19-20,22,25H,13H2,1-7H3/t17-,19-,20-,22-/m1/s1. The van der Waals surface area contributed by atoms with E-state index in [0.29, 0.717) is 6.61 Å². The van der Waals surface area contributed by atoms with Crippen LogP contribution in [-0.4, -0.2) is 58.5 Å². The summed E-state index contributed by atoms with van der Waals surface area (Å²) in [6.45, 7) is 15.6. The summed E-state index contributed by atoms with van der Waals surface area (Å²) in [5, 5.41) is 1.08. The normalized spacial score (nSPS) is 27.4. The van der Waals surface area contributed by atoms with Crippen LogP contribution in [0.15, 0.2) is 36.9 Å². The van der Waals surface area contributed by atoms with Crippen molar-refractivity contribution in [1.29, 1.82) is 0 Å². The molecular formula is C24H34N4O4Si. The first-order chi connectivity index (χ1) is 15.5. The number of hydrogen-bond acceptors (Lipinski definition) is 6. The molecule has 0 aromatic carbocycles. The van der Waals surface area contributed by atoms with Crippen LogP contribution in [-0.2, 0) is 18.6 Å². The number of nitrogens with one attached hydrogen (secondary N) is 1. The lowest BCUT2D eigenvalue weighted by molar-refractivity contribution is -0.199. The van der Waals surface area contributed by atoms with Crippen LogP contribution < -0.4 is 0 Å². The summed E-state index contributed by atoms with van der Waals surface area (Å²) >= 11 is 0. The first-order valence-electron chi connectivity index (χ1n) is 11.6. The highest BCUT2D eigenvalue weighted by Crippen LogP contribution is 2.45. The summed E-state index contributed by atoms with van der Waals surface area (Å²) in [7, 11) is -1.93. The summed E-state index contributed by atoms with van der Waals surface area (Å²) in [5.41, 5.74) is 2.62. The van der Waals surface area contributed by atoms with Crippen LogP contribution in [0, 0.1) is 0 Å². The lowest BCUT2D eigenvalue weighted by Crippen LogP contribution is -2.44. The zero-order valence-corrected chi connectivity index (χ0v) is 21.5. The fourth-order valence-electron chi connectivity index (χ4n) is 4.39. The van der Waals surface area contributed by atoms with Crippen molar-refractivity contribution in [3.63, 3.8) is 0 Å². The summed E-state index contributed by atoms with van der Waals surface area (Å²) < 4.78 is 27.7. The Morgan fingerprint density at radius 2 is 1.91 bits per heavy atom. The molecule has 8 nitrogen and oxygen atoms in total. The highest BCUT2D eigenvalue weighted by molar-refractivity contribution is 6.74. The van der Waals surface area contributed by atoms with Gasteiger partial charge in [0.15, 0.2) is 20.3 Å². The maximum atomic E-state index is 6.55. The van der Waals surface area contributed by atoms with Crippen molar-refractivity contribution in [3.8, 4) is 11.4 Å². The first-order valence-corrected chi connectivity index (χ1v) is 14.5. The lowest BCUT2D eigenvalue weighted by Gasteiger charge is -2.37. The van der Waals surface area contributed by atoms with Gasteiger partial charge in [0, 0.05) is 17.8 Å². The molecule has 5 heterocycles. The minimum atomic E-state index is -1.93. The topological polar surface area (TPSA) is 83.4 Å². The van der Waals surface area contributed by atoms with Crippen LogP contribution in [0.3, 0.4) is 0 Å². The Hall–Kier alpha value is -2.04. The number of ether oxygens (including phenoxy) is 3. The molecule has 33 heavy (non-hydrogen) atoms. The fraction of sp³-hybridized carbons (Fsp3) is 0.583. The smallest absolute Gasteiger partial charge is 0.192 e. The third kappa shape index (κ3) is 3.95. The van der Waals surface area contributed by atoms with Crippen molar-refractivity contribution in [2.24, 2.45) is 0 Å². The molecule has 2 aliphatic rings. The summed E-state index contributed by atoms with van der Waals surface area (Å²) in [4.78, 5) is 12.3. The van der Waals surface area contributed by atoms with Crippen LogP contribution in [0.25, 0.3) is 22.4 Å². The lowest BCUT2D eigenvalue weighted by atomic mass is 10.1. The molecule has 0 radical (unpaired) electrons. The molecule has 3 aromatic heterocycles. The molecule has 2 fully saturated rings. The van der Waals surface area contributed by atoms with Crippen LogP contribution in [0.5, 0.6) is 0 Å². The molecule has 0 spiro atoms. The molecule has 4 atom stereocenters.